The van der Waals surface area contributed by atoms with E-state index in [9.17, 15) is 17.6 Å². The van der Waals surface area contributed by atoms with Crippen LogP contribution in [0.3, 0.4) is 0 Å². The molecule has 0 radical (unpaired) electrons. The zero-order chi connectivity index (χ0) is 25.5. The molecule has 1 aromatic rings. The summed E-state index contributed by atoms with van der Waals surface area (Å²) in [7, 11) is -0.955. The van der Waals surface area contributed by atoms with Crippen molar-refractivity contribution in [3.05, 3.63) is 52.7 Å². The first-order valence-corrected chi connectivity index (χ1v) is 11.1. The Hall–Kier alpha value is -2.08. The summed E-state index contributed by atoms with van der Waals surface area (Å²) in [5.41, 5.74) is 0.257. The van der Waals surface area contributed by atoms with Gasteiger partial charge in [0.05, 0.1) is 16.9 Å². The van der Waals surface area contributed by atoms with Crippen LogP contribution in [0.15, 0.2) is 46.9 Å². The Morgan fingerprint density at radius 2 is 1.97 bits per heavy atom. The van der Waals surface area contributed by atoms with Crippen LogP contribution in [0.5, 0.6) is 5.88 Å². The van der Waals surface area contributed by atoms with Gasteiger partial charge in [0.15, 0.2) is 11.9 Å². The van der Waals surface area contributed by atoms with Gasteiger partial charge in [-0.1, -0.05) is 17.7 Å². The predicted molar refractivity (Wildman–Crippen MR) is 121 cm³/mol. The Morgan fingerprint density at radius 3 is 2.59 bits per heavy atom. The van der Waals surface area contributed by atoms with E-state index in [2.05, 4.69) is 9.72 Å². The summed E-state index contributed by atoms with van der Waals surface area (Å²) in [4.78, 5) is 3.71. The quantitative estimate of drug-likeness (QED) is 0.344. The van der Waals surface area contributed by atoms with Crippen molar-refractivity contribution in [2.24, 2.45) is 5.84 Å². The first-order valence-electron chi connectivity index (χ1n) is 10.7. The molecule has 6 nitrogen and oxygen atoms in total. The normalized spacial score (nSPS) is 24.9. The Bertz CT molecular complexity index is 1030. The standard InChI is InChI=1S/C22H27BClF4N3O3/c1-13-9-16(24)11-17(31(13)29)7-6-8-21(5)20(3,4)33-23(34-21)15-10-18(25)19(30-12-15)32-14(2)22(26,27)28/h7,9-12,14H,6,8,29H2,1-5H3/b17-7-/t14-,21?/m1/s1. The third kappa shape index (κ3) is 5.59. The van der Waals surface area contributed by atoms with Crippen LogP contribution in [0, 0.1) is 5.82 Å². The summed E-state index contributed by atoms with van der Waals surface area (Å²) in [6.07, 6.45) is 0.930. The van der Waals surface area contributed by atoms with Crippen LogP contribution in [0.1, 0.15) is 47.5 Å². The first-order chi connectivity index (χ1) is 15.6. The van der Waals surface area contributed by atoms with Crippen LogP contribution in [0.4, 0.5) is 17.6 Å². The molecule has 2 N–H and O–H groups in total. The van der Waals surface area contributed by atoms with Gasteiger partial charge in [0.25, 0.3) is 5.88 Å². The van der Waals surface area contributed by atoms with E-state index in [-0.39, 0.29) is 5.46 Å². The minimum Gasteiger partial charge on any atom is -0.463 e. The Balaban J connectivity index is 1.71. The first kappa shape index (κ1) is 26.5. The summed E-state index contributed by atoms with van der Waals surface area (Å²) in [6, 6.07) is 1.01. The highest BCUT2D eigenvalue weighted by Crippen LogP contribution is 2.41. The molecule has 0 saturated carbocycles. The second kappa shape index (κ2) is 9.52. The second-order valence-corrected chi connectivity index (χ2v) is 9.46. The Morgan fingerprint density at radius 1 is 1.29 bits per heavy atom. The minimum absolute atomic E-state index is 0.232. The molecule has 12 heteroatoms. The van der Waals surface area contributed by atoms with Crippen molar-refractivity contribution in [2.45, 2.75) is 70.9 Å². The molecule has 2 aliphatic heterocycles. The molecule has 3 heterocycles. The fourth-order valence-corrected chi connectivity index (χ4v) is 3.83. The lowest BCUT2D eigenvalue weighted by Crippen LogP contribution is -2.44. The average molecular weight is 504 g/mol. The number of aromatic nitrogens is 1. The molecule has 1 unspecified atom stereocenters. The molecule has 2 aliphatic rings. The monoisotopic (exact) mass is 503 g/mol. The van der Waals surface area contributed by atoms with E-state index >= 15 is 0 Å². The average Bonchev–Trinajstić information content (AvgIpc) is 2.95. The maximum atomic E-state index is 14.4. The minimum atomic E-state index is -4.64. The predicted octanol–water partition coefficient (Wildman–Crippen LogP) is 4.71. The molecular formula is C22H27BClF4N3O3. The largest absolute Gasteiger partial charge is 0.496 e. The lowest BCUT2D eigenvalue weighted by atomic mass is 9.80. The van der Waals surface area contributed by atoms with E-state index in [0.29, 0.717) is 17.9 Å². The van der Waals surface area contributed by atoms with Crippen molar-refractivity contribution in [2.75, 3.05) is 0 Å². The maximum absolute atomic E-state index is 14.4. The second-order valence-electron chi connectivity index (χ2n) is 9.02. The van der Waals surface area contributed by atoms with E-state index in [1.165, 1.54) is 11.2 Å². The van der Waals surface area contributed by atoms with Gasteiger partial charge < -0.3 is 14.0 Å². The fourth-order valence-electron chi connectivity index (χ4n) is 3.56. The summed E-state index contributed by atoms with van der Waals surface area (Å²) in [5.74, 6) is 4.29. The number of rotatable bonds is 6. The lowest BCUT2D eigenvalue weighted by molar-refractivity contribution is -0.190. The molecule has 3 rings (SSSR count). The summed E-state index contributed by atoms with van der Waals surface area (Å²) in [6.45, 7) is 8.21. The molecule has 1 fully saturated rings. The molecule has 0 bridgehead atoms. The SMILES string of the molecule is CC1=CC(Cl)=C/C(=C/CCC2(C)OB(c3cnc(O[C@H](C)C(F)(F)F)c(F)c3)OC2(C)C)N1N. The number of allylic oxidation sites excluding steroid dienone is 5. The van der Waals surface area contributed by atoms with Gasteiger partial charge in [-0.25, -0.2) is 15.2 Å². The van der Waals surface area contributed by atoms with Gasteiger partial charge in [-0.15, -0.1) is 0 Å². The molecule has 1 aromatic heterocycles. The molecule has 2 atom stereocenters. The van der Waals surface area contributed by atoms with Gasteiger partial charge in [-0.3, -0.25) is 5.01 Å². The maximum Gasteiger partial charge on any atom is 0.496 e. The van der Waals surface area contributed by atoms with Gasteiger partial charge in [-0.2, -0.15) is 13.2 Å². The zero-order valence-corrected chi connectivity index (χ0v) is 20.3. The molecule has 1 saturated heterocycles. The van der Waals surface area contributed by atoms with Gasteiger partial charge >= 0.3 is 13.3 Å². The van der Waals surface area contributed by atoms with Crippen molar-refractivity contribution in [3.63, 3.8) is 0 Å². The molecule has 0 amide bonds. The molecular weight excluding hydrogens is 477 g/mol. The molecule has 34 heavy (non-hydrogen) atoms. The van der Waals surface area contributed by atoms with Crippen LogP contribution < -0.4 is 16.0 Å². The molecule has 186 valence electrons. The number of ether oxygens (including phenoxy) is 1. The molecule has 0 aromatic carbocycles. The third-order valence-electron chi connectivity index (χ3n) is 6.16. The van der Waals surface area contributed by atoms with Crippen LogP contribution in [0.2, 0.25) is 0 Å². The van der Waals surface area contributed by atoms with Crippen LogP contribution in [-0.4, -0.2) is 40.6 Å². The summed E-state index contributed by atoms with van der Waals surface area (Å²) >= 11 is 6.13. The number of hydrogen-bond donors (Lipinski definition) is 1. The van der Waals surface area contributed by atoms with E-state index in [1.54, 1.807) is 12.2 Å². The number of alkyl halides is 3. The number of hydrogen-bond acceptors (Lipinski definition) is 6. The Kier molecular flexibility index (Phi) is 7.43. The van der Waals surface area contributed by atoms with Crippen molar-refractivity contribution in [3.8, 4) is 5.88 Å². The number of halogens is 5. The lowest BCUT2D eigenvalue weighted by Gasteiger charge is -2.36. The number of hydrazine groups is 1. The van der Waals surface area contributed by atoms with Crippen LogP contribution >= 0.6 is 11.6 Å². The smallest absolute Gasteiger partial charge is 0.463 e. The highest BCUT2D eigenvalue weighted by Gasteiger charge is 2.54. The van der Waals surface area contributed by atoms with Crippen LogP contribution in [0.25, 0.3) is 0 Å². The van der Waals surface area contributed by atoms with Crippen molar-refractivity contribution < 1.29 is 31.6 Å². The number of nitrogens with two attached hydrogens (primary N) is 1. The van der Waals surface area contributed by atoms with E-state index in [4.69, 9.17) is 26.8 Å². The highest BCUT2D eigenvalue weighted by molar-refractivity contribution is 6.62. The number of pyridine rings is 1. The van der Waals surface area contributed by atoms with Gasteiger partial charge in [0.1, 0.15) is 0 Å². The highest BCUT2D eigenvalue weighted by atomic mass is 35.5. The molecule has 0 spiro atoms. The van der Waals surface area contributed by atoms with Gasteiger partial charge in [-0.05, 0) is 65.7 Å². The zero-order valence-electron chi connectivity index (χ0n) is 19.5. The fraction of sp³-hybridized carbons (Fsp3) is 0.500. The number of nitrogens with zero attached hydrogens (tertiary/aromatic N) is 2. The van der Waals surface area contributed by atoms with Crippen molar-refractivity contribution >= 4 is 24.2 Å². The van der Waals surface area contributed by atoms with E-state index < -0.39 is 42.3 Å². The summed E-state index contributed by atoms with van der Waals surface area (Å²) < 4.78 is 69.3. The molecule has 0 aliphatic carbocycles. The van der Waals surface area contributed by atoms with Crippen molar-refractivity contribution in [1.29, 1.82) is 0 Å². The van der Waals surface area contributed by atoms with Crippen molar-refractivity contribution in [1.82, 2.24) is 9.99 Å². The van der Waals surface area contributed by atoms with E-state index in [0.717, 1.165) is 24.4 Å². The van der Waals surface area contributed by atoms with Gasteiger partial charge in [0, 0.05) is 22.4 Å². The van der Waals surface area contributed by atoms with Gasteiger partial charge in [0.2, 0.25) is 0 Å². The van der Waals surface area contributed by atoms with Crippen LogP contribution in [-0.2, 0) is 9.31 Å². The summed E-state index contributed by atoms with van der Waals surface area (Å²) in [5, 5.41) is 2.11. The Labute approximate surface area is 201 Å². The third-order valence-corrected chi connectivity index (χ3v) is 6.38. The van der Waals surface area contributed by atoms with E-state index in [1.807, 2.05) is 33.8 Å². The topological polar surface area (TPSA) is 69.8 Å².